The zero-order valence-corrected chi connectivity index (χ0v) is 8.74. The van der Waals surface area contributed by atoms with E-state index in [2.05, 4.69) is 0 Å². The third-order valence-electron chi connectivity index (χ3n) is 2.30. The highest BCUT2D eigenvalue weighted by Gasteiger charge is 2.26. The quantitative estimate of drug-likeness (QED) is 0.773. The van der Waals surface area contributed by atoms with Gasteiger partial charge in [-0.25, -0.2) is 0 Å². The van der Waals surface area contributed by atoms with Crippen LogP contribution in [0.4, 0.5) is 0 Å². The van der Waals surface area contributed by atoms with E-state index in [0.29, 0.717) is 11.3 Å². The number of ether oxygens (including phenoxy) is 1. The largest absolute Gasteiger partial charge is 0.508 e. The van der Waals surface area contributed by atoms with Crippen LogP contribution in [-0.2, 0) is 5.41 Å². The zero-order valence-electron chi connectivity index (χ0n) is 8.74. The molecule has 14 heavy (non-hydrogen) atoms. The van der Waals surface area contributed by atoms with Crippen molar-refractivity contribution in [2.45, 2.75) is 19.3 Å². The molecule has 0 unspecified atom stereocenters. The molecule has 0 fully saturated rings. The highest BCUT2D eigenvalue weighted by atomic mass is 16.5. The molecule has 0 spiro atoms. The zero-order chi connectivity index (χ0) is 10.8. The van der Waals surface area contributed by atoms with Crippen molar-refractivity contribution in [3.63, 3.8) is 0 Å². The SMILES string of the molecule is COc1cccc(O)c1C(C)(C)CO. The number of phenolic OH excluding ortho intramolecular Hbond substituents is 1. The monoisotopic (exact) mass is 196 g/mol. The van der Waals surface area contributed by atoms with Crippen molar-refractivity contribution in [2.75, 3.05) is 13.7 Å². The van der Waals surface area contributed by atoms with Crippen molar-refractivity contribution in [3.8, 4) is 11.5 Å². The van der Waals surface area contributed by atoms with E-state index < -0.39 is 5.41 Å². The molecule has 2 N–H and O–H groups in total. The van der Waals surface area contributed by atoms with Gasteiger partial charge in [-0.3, -0.25) is 0 Å². The molecule has 3 heteroatoms. The Bertz CT molecular complexity index is 318. The molecule has 1 aromatic carbocycles. The van der Waals surface area contributed by atoms with Crippen LogP contribution in [0.15, 0.2) is 18.2 Å². The number of aromatic hydroxyl groups is 1. The maximum absolute atomic E-state index is 9.70. The minimum Gasteiger partial charge on any atom is -0.508 e. The fraction of sp³-hybridized carbons (Fsp3) is 0.455. The molecule has 0 saturated carbocycles. The highest BCUT2D eigenvalue weighted by Crippen LogP contribution is 2.37. The fourth-order valence-electron chi connectivity index (χ4n) is 1.45. The Morgan fingerprint density at radius 3 is 2.50 bits per heavy atom. The Labute approximate surface area is 84.0 Å². The van der Waals surface area contributed by atoms with E-state index in [4.69, 9.17) is 4.74 Å². The molecule has 0 aliphatic rings. The summed E-state index contributed by atoms with van der Waals surface area (Å²) in [6.45, 7) is 3.66. The second kappa shape index (κ2) is 3.88. The van der Waals surface area contributed by atoms with Gasteiger partial charge in [-0.2, -0.15) is 0 Å². The fourth-order valence-corrected chi connectivity index (χ4v) is 1.45. The molecular weight excluding hydrogens is 180 g/mol. The Hall–Kier alpha value is -1.22. The van der Waals surface area contributed by atoms with E-state index in [1.54, 1.807) is 25.3 Å². The molecule has 0 bridgehead atoms. The first-order valence-corrected chi connectivity index (χ1v) is 4.50. The third kappa shape index (κ3) is 1.82. The second-order valence-corrected chi connectivity index (χ2v) is 3.90. The van der Waals surface area contributed by atoms with E-state index in [-0.39, 0.29) is 12.4 Å². The number of aliphatic hydroxyl groups excluding tert-OH is 1. The summed E-state index contributed by atoms with van der Waals surface area (Å²) in [5.74, 6) is 0.757. The van der Waals surface area contributed by atoms with E-state index >= 15 is 0 Å². The van der Waals surface area contributed by atoms with Crippen LogP contribution in [0.3, 0.4) is 0 Å². The Balaban J connectivity index is 3.30. The average molecular weight is 196 g/mol. The number of aliphatic hydroxyl groups is 1. The number of methoxy groups -OCH3 is 1. The van der Waals surface area contributed by atoms with Crippen LogP contribution in [0.2, 0.25) is 0 Å². The first-order valence-electron chi connectivity index (χ1n) is 4.50. The number of rotatable bonds is 3. The van der Waals surface area contributed by atoms with E-state index in [1.165, 1.54) is 0 Å². The van der Waals surface area contributed by atoms with Crippen molar-refractivity contribution >= 4 is 0 Å². The molecule has 0 aliphatic heterocycles. The molecule has 0 heterocycles. The van der Waals surface area contributed by atoms with Gasteiger partial charge in [0, 0.05) is 11.0 Å². The number of hydrogen-bond acceptors (Lipinski definition) is 3. The van der Waals surface area contributed by atoms with Crippen molar-refractivity contribution < 1.29 is 14.9 Å². The van der Waals surface area contributed by atoms with Crippen LogP contribution >= 0.6 is 0 Å². The van der Waals surface area contributed by atoms with Gasteiger partial charge in [0.2, 0.25) is 0 Å². The first-order chi connectivity index (χ1) is 6.53. The van der Waals surface area contributed by atoms with Crippen molar-refractivity contribution in [2.24, 2.45) is 0 Å². The summed E-state index contributed by atoms with van der Waals surface area (Å²) >= 11 is 0. The lowest BCUT2D eigenvalue weighted by Gasteiger charge is -2.25. The van der Waals surface area contributed by atoms with Crippen molar-refractivity contribution in [3.05, 3.63) is 23.8 Å². The third-order valence-corrected chi connectivity index (χ3v) is 2.30. The normalized spacial score (nSPS) is 11.4. The lowest BCUT2D eigenvalue weighted by molar-refractivity contribution is 0.211. The molecule has 1 aromatic rings. The summed E-state index contributed by atoms with van der Waals surface area (Å²) in [7, 11) is 1.55. The minimum atomic E-state index is -0.503. The molecule has 0 aliphatic carbocycles. The smallest absolute Gasteiger partial charge is 0.126 e. The first kappa shape index (κ1) is 10.9. The summed E-state index contributed by atoms with van der Waals surface area (Å²) in [4.78, 5) is 0. The molecule has 0 saturated heterocycles. The van der Waals surface area contributed by atoms with Crippen LogP contribution < -0.4 is 4.74 Å². The summed E-state index contributed by atoms with van der Waals surface area (Å²) in [6, 6.07) is 5.08. The Morgan fingerprint density at radius 2 is 2.00 bits per heavy atom. The molecule has 0 aromatic heterocycles. The standard InChI is InChI=1S/C11H16O3/c1-11(2,7-12)10-8(13)5-4-6-9(10)14-3/h4-6,12-13H,7H2,1-3H3. The molecule has 1 rings (SSSR count). The van der Waals surface area contributed by atoms with E-state index in [9.17, 15) is 10.2 Å². The lowest BCUT2D eigenvalue weighted by atomic mass is 9.84. The van der Waals surface area contributed by atoms with Gasteiger partial charge in [0.1, 0.15) is 11.5 Å². The second-order valence-electron chi connectivity index (χ2n) is 3.90. The molecule has 0 atom stereocenters. The molecular formula is C11H16O3. The maximum atomic E-state index is 9.70. The number of hydrogen-bond donors (Lipinski definition) is 2. The predicted octanol–water partition coefficient (Wildman–Crippen LogP) is 1.67. The van der Waals surface area contributed by atoms with Gasteiger partial charge in [-0.05, 0) is 12.1 Å². The highest BCUT2D eigenvalue weighted by molar-refractivity contribution is 5.48. The van der Waals surface area contributed by atoms with Gasteiger partial charge >= 0.3 is 0 Å². The van der Waals surface area contributed by atoms with E-state index in [0.717, 1.165) is 0 Å². The Morgan fingerprint density at radius 1 is 1.36 bits per heavy atom. The Kier molecular flexibility index (Phi) is 3.01. The maximum Gasteiger partial charge on any atom is 0.126 e. The summed E-state index contributed by atoms with van der Waals surface area (Å²) < 4.78 is 5.14. The molecule has 3 nitrogen and oxygen atoms in total. The minimum absolute atomic E-state index is 0.0407. The van der Waals surface area contributed by atoms with Gasteiger partial charge in [0.25, 0.3) is 0 Å². The van der Waals surface area contributed by atoms with Crippen LogP contribution in [0.5, 0.6) is 11.5 Å². The summed E-state index contributed by atoms with van der Waals surface area (Å²) in [5, 5.41) is 18.9. The number of benzene rings is 1. The van der Waals surface area contributed by atoms with Gasteiger partial charge in [0.15, 0.2) is 0 Å². The molecule has 0 radical (unpaired) electrons. The van der Waals surface area contributed by atoms with Crippen molar-refractivity contribution in [1.82, 2.24) is 0 Å². The topological polar surface area (TPSA) is 49.7 Å². The number of phenols is 1. The van der Waals surface area contributed by atoms with Gasteiger partial charge in [-0.1, -0.05) is 19.9 Å². The average Bonchev–Trinajstić information content (AvgIpc) is 2.17. The van der Waals surface area contributed by atoms with Crippen LogP contribution in [0.1, 0.15) is 19.4 Å². The van der Waals surface area contributed by atoms with E-state index in [1.807, 2.05) is 13.8 Å². The van der Waals surface area contributed by atoms with Gasteiger partial charge in [0.05, 0.1) is 13.7 Å². The lowest BCUT2D eigenvalue weighted by Crippen LogP contribution is -2.23. The molecule has 0 amide bonds. The van der Waals surface area contributed by atoms with Crippen LogP contribution in [0, 0.1) is 0 Å². The summed E-state index contributed by atoms with van der Waals surface area (Å²) in [5.41, 5.74) is 0.140. The molecule has 78 valence electrons. The van der Waals surface area contributed by atoms with Crippen molar-refractivity contribution in [1.29, 1.82) is 0 Å². The van der Waals surface area contributed by atoms with Gasteiger partial charge in [-0.15, -0.1) is 0 Å². The van der Waals surface area contributed by atoms with Gasteiger partial charge < -0.3 is 14.9 Å². The van der Waals surface area contributed by atoms with Crippen LogP contribution in [0.25, 0.3) is 0 Å². The van der Waals surface area contributed by atoms with Crippen LogP contribution in [-0.4, -0.2) is 23.9 Å². The summed E-state index contributed by atoms with van der Waals surface area (Å²) in [6.07, 6.45) is 0. The predicted molar refractivity (Wildman–Crippen MR) is 54.8 cm³/mol.